The molecular weight excluding hydrogens is 779 g/mol. The van der Waals surface area contributed by atoms with Gasteiger partial charge >= 0.3 is 5.97 Å². The van der Waals surface area contributed by atoms with E-state index in [4.69, 9.17) is 4.74 Å². The third kappa shape index (κ3) is 46.2. The van der Waals surface area contributed by atoms with Crippen molar-refractivity contribution >= 4 is 11.9 Å². The lowest BCUT2D eigenvalue weighted by molar-refractivity contribution is -0.151. The fourth-order valence-corrected chi connectivity index (χ4v) is 8.38. The van der Waals surface area contributed by atoms with E-state index in [2.05, 4.69) is 50.4 Å². The van der Waals surface area contributed by atoms with Gasteiger partial charge in [-0.1, -0.05) is 268 Å². The number of nitrogens with one attached hydrogen (secondary N) is 1. The number of carbonyl (C=O) groups is 2. The highest BCUT2D eigenvalue weighted by Crippen LogP contribution is 2.19. The molecule has 0 saturated carbocycles. The lowest BCUT2D eigenvalue weighted by Gasteiger charge is -2.24. The van der Waals surface area contributed by atoms with Crippen LogP contribution >= 0.6 is 0 Å². The van der Waals surface area contributed by atoms with Gasteiger partial charge < -0.3 is 20.3 Å². The Morgan fingerprint density at radius 2 is 0.857 bits per heavy atom. The molecule has 0 aromatic heterocycles. The minimum Gasteiger partial charge on any atom is -0.462 e. The third-order valence-corrected chi connectivity index (χ3v) is 12.5. The molecule has 0 fully saturated rings. The SMILES string of the molecule is CC/C=C/C=C/C=C\C=C/CCCCCC(=O)OC(CCCCCCCCCCCCCCCCCCC)CC(=O)NC(CO)C(O)CCCCCCCCCCCCCCCC. The zero-order valence-corrected chi connectivity index (χ0v) is 42.0. The molecule has 368 valence electrons. The zero-order chi connectivity index (χ0) is 45.9. The molecule has 0 saturated heterocycles. The van der Waals surface area contributed by atoms with Crippen LogP contribution in [-0.2, 0) is 14.3 Å². The van der Waals surface area contributed by atoms with Gasteiger partial charge in [0.2, 0.25) is 5.91 Å². The maximum atomic E-state index is 13.2. The number of ether oxygens (including phenoxy) is 1. The van der Waals surface area contributed by atoms with E-state index < -0.39 is 18.2 Å². The highest BCUT2D eigenvalue weighted by atomic mass is 16.5. The van der Waals surface area contributed by atoms with Crippen molar-refractivity contribution < 1.29 is 24.5 Å². The molecule has 6 nitrogen and oxygen atoms in total. The van der Waals surface area contributed by atoms with E-state index in [0.717, 1.165) is 64.2 Å². The second-order valence-corrected chi connectivity index (χ2v) is 18.7. The molecule has 0 aliphatic carbocycles. The Morgan fingerprint density at radius 3 is 1.29 bits per heavy atom. The molecule has 0 aromatic carbocycles. The Hall–Kier alpha value is -2.18. The molecule has 3 N–H and O–H groups in total. The second-order valence-electron chi connectivity index (χ2n) is 18.7. The number of aliphatic hydroxyl groups excluding tert-OH is 2. The average molecular weight is 884 g/mol. The van der Waals surface area contributed by atoms with Crippen molar-refractivity contribution in [2.45, 2.75) is 296 Å². The van der Waals surface area contributed by atoms with E-state index in [1.54, 1.807) is 0 Å². The number of unbranched alkanes of at least 4 members (excludes halogenated alkanes) is 32. The number of hydrogen-bond donors (Lipinski definition) is 3. The smallest absolute Gasteiger partial charge is 0.306 e. The first-order valence-corrected chi connectivity index (χ1v) is 27.4. The molecule has 3 unspecified atom stereocenters. The number of allylic oxidation sites excluding steroid dienone is 8. The summed E-state index contributed by atoms with van der Waals surface area (Å²) < 4.78 is 5.93. The third-order valence-electron chi connectivity index (χ3n) is 12.5. The van der Waals surface area contributed by atoms with E-state index in [9.17, 15) is 19.8 Å². The fourth-order valence-electron chi connectivity index (χ4n) is 8.38. The molecule has 1 amide bonds. The van der Waals surface area contributed by atoms with Crippen LogP contribution in [0.3, 0.4) is 0 Å². The molecule has 0 spiro atoms. The largest absolute Gasteiger partial charge is 0.462 e. The minimum atomic E-state index is -0.793. The van der Waals surface area contributed by atoms with Gasteiger partial charge in [-0.15, -0.1) is 0 Å². The normalized spacial score (nSPS) is 13.5. The number of esters is 1. The van der Waals surface area contributed by atoms with Gasteiger partial charge in [0.25, 0.3) is 0 Å². The van der Waals surface area contributed by atoms with Gasteiger partial charge in [0.05, 0.1) is 25.2 Å². The van der Waals surface area contributed by atoms with Gasteiger partial charge in [0.1, 0.15) is 6.10 Å². The molecule has 0 radical (unpaired) electrons. The number of rotatable bonds is 49. The van der Waals surface area contributed by atoms with Gasteiger partial charge in [-0.25, -0.2) is 0 Å². The summed E-state index contributed by atoms with van der Waals surface area (Å²) in [5.41, 5.74) is 0. The first kappa shape index (κ1) is 60.8. The van der Waals surface area contributed by atoms with Crippen LogP contribution in [-0.4, -0.2) is 46.9 Å². The Bertz CT molecular complexity index is 1080. The van der Waals surface area contributed by atoms with Gasteiger partial charge in [-0.2, -0.15) is 0 Å². The maximum absolute atomic E-state index is 13.2. The Labute approximate surface area is 391 Å². The summed E-state index contributed by atoms with van der Waals surface area (Å²) in [6, 6.07) is -0.708. The van der Waals surface area contributed by atoms with Crippen molar-refractivity contribution in [2.75, 3.05) is 6.61 Å². The van der Waals surface area contributed by atoms with Crippen LogP contribution < -0.4 is 5.32 Å². The molecule has 0 aliphatic rings. The highest BCUT2D eigenvalue weighted by Gasteiger charge is 2.24. The van der Waals surface area contributed by atoms with E-state index in [1.165, 1.54) is 167 Å². The van der Waals surface area contributed by atoms with Gasteiger partial charge in [0.15, 0.2) is 0 Å². The minimum absolute atomic E-state index is 0.0646. The van der Waals surface area contributed by atoms with Crippen molar-refractivity contribution in [3.63, 3.8) is 0 Å². The van der Waals surface area contributed by atoms with Gasteiger partial charge in [-0.3, -0.25) is 9.59 Å². The molecule has 0 aromatic rings. The molecule has 0 heterocycles. The van der Waals surface area contributed by atoms with Crippen molar-refractivity contribution in [3.8, 4) is 0 Å². The second kappa shape index (κ2) is 50.8. The van der Waals surface area contributed by atoms with Crippen molar-refractivity contribution in [1.82, 2.24) is 5.32 Å². The maximum Gasteiger partial charge on any atom is 0.306 e. The van der Waals surface area contributed by atoms with Gasteiger partial charge in [-0.05, 0) is 44.9 Å². The van der Waals surface area contributed by atoms with Crippen LogP contribution in [0.25, 0.3) is 0 Å². The monoisotopic (exact) mass is 884 g/mol. The van der Waals surface area contributed by atoms with Crippen LogP contribution in [0.1, 0.15) is 278 Å². The lowest BCUT2D eigenvalue weighted by Crippen LogP contribution is -2.46. The highest BCUT2D eigenvalue weighted by molar-refractivity contribution is 5.77. The topological polar surface area (TPSA) is 95.9 Å². The summed E-state index contributed by atoms with van der Waals surface area (Å²) in [5.74, 6) is -0.508. The van der Waals surface area contributed by atoms with Crippen LogP contribution in [0, 0.1) is 0 Å². The van der Waals surface area contributed by atoms with E-state index in [-0.39, 0.29) is 24.9 Å². The number of hydrogen-bond acceptors (Lipinski definition) is 5. The Kier molecular flexibility index (Phi) is 49.1. The quantitative estimate of drug-likeness (QED) is 0.0321. The standard InChI is InChI=1S/C57H105NO5/c1-4-7-10-13-16-19-22-25-27-28-29-31-33-36-39-42-45-48-53(63-57(62)50-47-44-41-38-35-30-24-21-18-15-12-9-6-3)51-56(61)58-54(52-59)55(60)49-46-43-40-37-34-32-26-23-20-17-14-11-8-5-2/h9,12,15,18,21,24,30,35,53-55,59-60H,4-8,10-11,13-14,16-17,19-20,22-23,25-29,31-34,36-52H2,1-3H3,(H,58,61)/b12-9+,18-15+,24-21-,35-30-. The van der Waals surface area contributed by atoms with E-state index >= 15 is 0 Å². The summed E-state index contributed by atoms with van der Waals surface area (Å²) in [6.07, 6.45) is 61.7. The predicted molar refractivity (Wildman–Crippen MR) is 273 cm³/mol. The number of amides is 1. The molecule has 0 rings (SSSR count). The summed E-state index contributed by atoms with van der Waals surface area (Å²) in [5, 5.41) is 23.8. The number of carbonyl (C=O) groups excluding carboxylic acids is 2. The van der Waals surface area contributed by atoms with Crippen LogP contribution in [0.2, 0.25) is 0 Å². The molecule has 63 heavy (non-hydrogen) atoms. The summed E-state index contributed by atoms with van der Waals surface area (Å²) in [7, 11) is 0. The van der Waals surface area contributed by atoms with Crippen molar-refractivity contribution in [2.24, 2.45) is 0 Å². The molecule has 6 heteroatoms. The average Bonchev–Trinajstić information content (AvgIpc) is 3.28. The molecular formula is C57H105NO5. The van der Waals surface area contributed by atoms with E-state index in [0.29, 0.717) is 19.3 Å². The predicted octanol–water partition coefficient (Wildman–Crippen LogP) is 16.6. The van der Waals surface area contributed by atoms with Crippen LogP contribution in [0.4, 0.5) is 0 Å². The van der Waals surface area contributed by atoms with Crippen LogP contribution in [0.15, 0.2) is 48.6 Å². The first-order valence-electron chi connectivity index (χ1n) is 27.4. The van der Waals surface area contributed by atoms with Crippen molar-refractivity contribution in [1.29, 1.82) is 0 Å². The van der Waals surface area contributed by atoms with Crippen LogP contribution in [0.5, 0.6) is 0 Å². The Morgan fingerprint density at radius 1 is 0.476 bits per heavy atom. The zero-order valence-electron chi connectivity index (χ0n) is 42.0. The lowest BCUT2D eigenvalue weighted by atomic mass is 10.0. The summed E-state index contributed by atoms with van der Waals surface area (Å²) >= 11 is 0. The molecule has 0 aliphatic heterocycles. The summed E-state index contributed by atoms with van der Waals surface area (Å²) in [6.45, 7) is 6.36. The fraction of sp³-hybridized carbons (Fsp3) is 0.825. The molecule has 3 atom stereocenters. The van der Waals surface area contributed by atoms with Gasteiger partial charge in [0, 0.05) is 6.42 Å². The van der Waals surface area contributed by atoms with E-state index in [1.807, 2.05) is 24.3 Å². The number of aliphatic hydroxyl groups is 2. The Balaban J connectivity index is 4.58. The summed E-state index contributed by atoms with van der Waals surface area (Å²) in [4.78, 5) is 26.2. The first-order chi connectivity index (χ1) is 31.0. The molecule has 0 bridgehead atoms. The van der Waals surface area contributed by atoms with Crippen molar-refractivity contribution in [3.05, 3.63) is 48.6 Å².